The molecule has 0 saturated heterocycles. The lowest BCUT2D eigenvalue weighted by Crippen LogP contribution is -2.37. The maximum absolute atomic E-state index is 12.2. The zero-order chi connectivity index (χ0) is 22.5. The molecule has 32 heavy (non-hydrogen) atoms. The highest BCUT2D eigenvalue weighted by atomic mass is 35.5. The SMILES string of the molecule is COc1ccccc1OCC(=O)NC[C@H]1Cc2cc(-c3ccnc(SC)n3)cc(Cl)c2O1. The fourth-order valence-corrected chi connectivity index (χ4v) is 4.05. The van der Waals surface area contributed by atoms with Crippen LogP contribution in [0.2, 0.25) is 5.02 Å². The summed E-state index contributed by atoms with van der Waals surface area (Å²) in [4.78, 5) is 21.0. The Balaban J connectivity index is 1.35. The predicted molar refractivity (Wildman–Crippen MR) is 124 cm³/mol. The van der Waals surface area contributed by atoms with E-state index in [1.165, 1.54) is 11.8 Å². The molecule has 9 heteroatoms. The number of hydrogen-bond acceptors (Lipinski definition) is 7. The largest absolute Gasteiger partial charge is 0.493 e. The van der Waals surface area contributed by atoms with Gasteiger partial charge in [0, 0.05) is 23.7 Å². The highest BCUT2D eigenvalue weighted by Gasteiger charge is 2.26. The van der Waals surface area contributed by atoms with Crippen molar-refractivity contribution < 1.29 is 19.0 Å². The highest BCUT2D eigenvalue weighted by molar-refractivity contribution is 7.98. The summed E-state index contributed by atoms with van der Waals surface area (Å²) in [6.45, 7) is 0.231. The van der Waals surface area contributed by atoms with Crippen molar-refractivity contribution in [1.29, 1.82) is 0 Å². The third kappa shape index (κ3) is 5.08. The van der Waals surface area contributed by atoms with Crippen molar-refractivity contribution in [3.05, 3.63) is 59.2 Å². The van der Waals surface area contributed by atoms with Crippen LogP contribution in [0.25, 0.3) is 11.3 Å². The van der Waals surface area contributed by atoms with Gasteiger partial charge in [0.15, 0.2) is 23.3 Å². The molecule has 0 saturated carbocycles. The average molecular weight is 472 g/mol. The first-order chi connectivity index (χ1) is 15.6. The summed E-state index contributed by atoms with van der Waals surface area (Å²) in [5.74, 6) is 1.50. The van der Waals surface area contributed by atoms with E-state index in [4.69, 9.17) is 25.8 Å². The Morgan fingerprint density at radius 2 is 2.09 bits per heavy atom. The van der Waals surface area contributed by atoms with E-state index in [0.717, 1.165) is 16.8 Å². The number of fused-ring (bicyclic) bond motifs is 1. The van der Waals surface area contributed by atoms with Gasteiger partial charge >= 0.3 is 0 Å². The number of methoxy groups -OCH3 is 1. The van der Waals surface area contributed by atoms with Crippen LogP contribution >= 0.6 is 23.4 Å². The molecule has 1 amide bonds. The molecule has 1 aliphatic rings. The van der Waals surface area contributed by atoms with E-state index < -0.39 is 0 Å². The Labute approximate surface area is 195 Å². The number of nitrogens with zero attached hydrogens (tertiary/aromatic N) is 2. The quantitative estimate of drug-likeness (QED) is 0.392. The molecule has 0 aliphatic carbocycles. The van der Waals surface area contributed by atoms with Crippen LogP contribution in [0.4, 0.5) is 0 Å². The van der Waals surface area contributed by atoms with Crippen LogP contribution in [-0.2, 0) is 11.2 Å². The van der Waals surface area contributed by atoms with Crippen molar-refractivity contribution in [1.82, 2.24) is 15.3 Å². The minimum Gasteiger partial charge on any atom is -0.493 e. The molecule has 1 aliphatic heterocycles. The predicted octanol–water partition coefficient (Wildman–Crippen LogP) is 4.03. The van der Waals surface area contributed by atoms with Crippen molar-refractivity contribution in [2.45, 2.75) is 17.7 Å². The second-order valence-corrected chi connectivity index (χ2v) is 8.24. The monoisotopic (exact) mass is 471 g/mol. The van der Waals surface area contributed by atoms with Crippen LogP contribution in [0.15, 0.2) is 53.8 Å². The first kappa shape index (κ1) is 22.2. The summed E-state index contributed by atoms with van der Waals surface area (Å²) in [5, 5.41) is 4.08. The van der Waals surface area contributed by atoms with E-state index in [2.05, 4.69) is 15.3 Å². The number of thioether (sulfide) groups is 1. The van der Waals surface area contributed by atoms with Gasteiger partial charge < -0.3 is 19.5 Å². The Hall–Kier alpha value is -2.97. The van der Waals surface area contributed by atoms with Crippen LogP contribution in [0.5, 0.6) is 17.2 Å². The van der Waals surface area contributed by atoms with Crippen molar-refractivity contribution in [3.63, 3.8) is 0 Å². The first-order valence-corrected chi connectivity index (χ1v) is 11.6. The standard InChI is InChI=1S/C23H22ClN3O4S/c1-29-19-5-3-4-6-20(19)30-13-21(28)26-12-16-10-15-9-14(11-17(24)22(15)31-16)18-7-8-25-23(27-18)32-2/h3-9,11,16H,10,12-13H2,1-2H3,(H,26,28)/t16-/m1/s1. The van der Waals surface area contributed by atoms with Gasteiger partial charge in [-0.3, -0.25) is 4.79 Å². The Morgan fingerprint density at radius 3 is 2.88 bits per heavy atom. The van der Waals surface area contributed by atoms with E-state index in [9.17, 15) is 4.79 Å². The summed E-state index contributed by atoms with van der Waals surface area (Å²) in [6.07, 6.45) is 4.09. The number of amides is 1. The van der Waals surface area contributed by atoms with Crippen LogP contribution in [0, 0.1) is 0 Å². The number of benzene rings is 2. The fourth-order valence-electron chi connectivity index (χ4n) is 3.41. The minimum absolute atomic E-state index is 0.115. The van der Waals surface area contributed by atoms with E-state index >= 15 is 0 Å². The van der Waals surface area contributed by atoms with E-state index in [1.54, 1.807) is 25.4 Å². The number of para-hydroxylation sites is 2. The number of rotatable bonds is 8. The molecule has 4 rings (SSSR count). The molecule has 2 aromatic carbocycles. The zero-order valence-corrected chi connectivity index (χ0v) is 19.2. The van der Waals surface area contributed by atoms with Gasteiger partial charge in [0.05, 0.1) is 24.4 Å². The van der Waals surface area contributed by atoms with Crippen molar-refractivity contribution in [3.8, 4) is 28.5 Å². The third-order valence-electron chi connectivity index (χ3n) is 4.92. The Bertz CT molecular complexity index is 1130. The van der Waals surface area contributed by atoms with E-state index in [0.29, 0.717) is 40.4 Å². The van der Waals surface area contributed by atoms with Gasteiger partial charge in [-0.25, -0.2) is 9.97 Å². The van der Waals surface area contributed by atoms with Crippen LogP contribution < -0.4 is 19.5 Å². The molecule has 0 radical (unpaired) electrons. The lowest BCUT2D eigenvalue weighted by molar-refractivity contribution is -0.123. The van der Waals surface area contributed by atoms with Crippen molar-refractivity contribution in [2.24, 2.45) is 0 Å². The number of carbonyl (C=O) groups excluding carboxylic acids is 1. The van der Waals surface area contributed by atoms with Gasteiger partial charge in [0.1, 0.15) is 11.9 Å². The fraction of sp³-hybridized carbons (Fsp3) is 0.261. The lowest BCUT2D eigenvalue weighted by Gasteiger charge is -2.13. The molecule has 3 aromatic rings. The van der Waals surface area contributed by atoms with Crippen LogP contribution in [-0.4, -0.2) is 48.5 Å². The van der Waals surface area contributed by atoms with Crippen molar-refractivity contribution >= 4 is 29.3 Å². The van der Waals surface area contributed by atoms with Gasteiger partial charge in [-0.05, 0) is 36.6 Å². The third-order valence-corrected chi connectivity index (χ3v) is 5.76. The van der Waals surface area contributed by atoms with Crippen molar-refractivity contribution in [2.75, 3.05) is 26.5 Å². The Morgan fingerprint density at radius 1 is 1.28 bits per heavy atom. The number of aromatic nitrogens is 2. The molecule has 1 aromatic heterocycles. The molecule has 1 atom stereocenters. The summed E-state index contributed by atoms with van der Waals surface area (Å²) >= 11 is 7.96. The maximum atomic E-state index is 12.2. The molecule has 0 spiro atoms. The zero-order valence-electron chi connectivity index (χ0n) is 17.6. The molecule has 0 unspecified atom stereocenters. The van der Waals surface area contributed by atoms with Gasteiger partial charge in [0.25, 0.3) is 5.91 Å². The van der Waals surface area contributed by atoms with E-state index in [-0.39, 0.29) is 18.6 Å². The van der Waals surface area contributed by atoms with Crippen LogP contribution in [0.1, 0.15) is 5.56 Å². The van der Waals surface area contributed by atoms with Gasteiger partial charge in [-0.1, -0.05) is 35.5 Å². The van der Waals surface area contributed by atoms with Gasteiger partial charge in [-0.2, -0.15) is 0 Å². The summed E-state index contributed by atoms with van der Waals surface area (Å²) in [6, 6.07) is 12.9. The topological polar surface area (TPSA) is 82.6 Å². The Kier molecular flexibility index (Phi) is 7.02. The molecule has 2 heterocycles. The number of halogens is 1. The summed E-state index contributed by atoms with van der Waals surface area (Å²) in [7, 11) is 1.56. The number of carbonyl (C=O) groups is 1. The average Bonchev–Trinajstić information content (AvgIpc) is 3.25. The normalized spacial score (nSPS) is 14.4. The maximum Gasteiger partial charge on any atom is 0.258 e. The molecular weight excluding hydrogens is 450 g/mol. The number of hydrogen-bond donors (Lipinski definition) is 1. The second kappa shape index (κ2) is 10.1. The molecule has 166 valence electrons. The van der Waals surface area contributed by atoms with E-state index in [1.807, 2.05) is 36.6 Å². The van der Waals surface area contributed by atoms with Gasteiger partial charge in [-0.15, -0.1) is 0 Å². The highest BCUT2D eigenvalue weighted by Crippen LogP contribution is 2.39. The molecule has 7 nitrogen and oxygen atoms in total. The summed E-state index contributed by atoms with van der Waals surface area (Å²) < 4.78 is 16.8. The number of nitrogens with one attached hydrogen (secondary N) is 1. The smallest absolute Gasteiger partial charge is 0.258 e. The molecule has 0 fully saturated rings. The molecule has 0 bridgehead atoms. The molecule has 1 N–H and O–H groups in total. The second-order valence-electron chi connectivity index (χ2n) is 7.06. The summed E-state index contributed by atoms with van der Waals surface area (Å²) in [5.41, 5.74) is 2.70. The van der Waals surface area contributed by atoms with Crippen LogP contribution in [0.3, 0.4) is 0 Å². The number of ether oxygens (including phenoxy) is 3. The lowest BCUT2D eigenvalue weighted by atomic mass is 10.0. The first-order valence-electron chi connectivity index (χ1n) is 9.96. The van der Waals surface area contributed by atoms with Gasteiger partial charge in [0.2, 0.25) is 0 Å². The minimum atomic E-state index is -0.243. The molecular formula is C23H22ClN3O4S.